The van der Waals surface area contributed by atoms with E-state index >= 15 is 0 Å². The van der Waals surface area contributed by atoms with E-state index in [2.05, 4.69) is 0 Å². The summed E-state index contributed by atoms with van der Waals surface area (Å²) in [5.74, 6) is 1.96. The lowest BCUT2D eigenvalue weighted by Gasteiger charge is -2.56. The Balaban J connectivity index is 1.52. The Labute approximate surface area is 137 Å². The van der Waals surface area contributed by atoms with Crippen molar-refractivity contribution >= 4 is 11.9 Å². The lowest BCUT2D eigenvalue weighted by atomic mass is 9.49. The first kappa shape index (κ1) is 15.0. The lowest BCUT2D eigenvalue weighted by molar-refractivity contribution is -0.165. The van der Waals surface area contributed by atoms with Crippen molar-refractivity contribution in [1.82, 2.24) is 4.90 Å². The van der Waals surface area contributed by atoms with Crippen LogP contribution in [-0.4, -0.2) is 36.0 Å². The fraction of sp³-hybridized carbons (Fsp3) is 0.833. The number of rotatable bonds is 3. The van der Waals surface area contributed by atoms with Crippen molar-refractivity contribution in [2.24, 2.45) is 23.2 Å². The Morgan fingerprint density at radius 1 is 1.13 bits per heavy atom. The van der Waals surface area contributed by atoms with Crippen LogP contribution in [0, 0.1) is 34.5 Å². The minimum absolute atomic E-state index is 0.202. The molecule has 4 aliphatic carbocycles. The molecule has 0 aromatic heterocycles. The molecule has 124 valence electrons. The van der Waals surface area contributed by atoms with Crippen molar-refractivity contribution in [3.8, 4) is 6.07 Å². The summed E-state index contributed by atoms with van der Waals surface area (Å²) in [6.07, 6.45) is 8.50. The number of carbonyl (C=O) groups is 2. The first-order valence-electron chi connectivity index (χ1n) is 8.96. The van der Waals surface area contributed by atoms with Gasteiger partial charge >= 0.3 is 5.97 Å². The van der Waals surface area contributed by atoms with Gasteiger partial charge in [-0.3, -0.25) is 4.79 Å². The topological polar surface area (TPSA) is 70.4 Å². The Morgan fingerprint density at radius 3 is 2.30 bits per heavy atom. The van der Waals surface area contributed by atoms with Crippen molar-refractivity contribution in [3.63, 3.8) is 0 Å². The van der Waals surface area contributed by atoms with Gasteiger partial charge in [0.2, 0.25) is 5.91 Å². The lowest BCUT2D eigenvalue weighted by Crippen LogP contribution is -2.56. The van der Waals surface area contributed by atoms with Crippen molar-refractivity contribution < 1.29 is 14.3 Å². The number of hydrogen-bond donors (Lipinski definition) is 0. The maximum Gasteiger partial charge on any atom is 0.329 e. The molecule has 1 heterocycles. The zero-order valence-electron chi connectivity index (χ0n) is 13.5. The van der Waals surface area contributed by atoms with Gasteiger partial charge in [0.25, 0.3) is 0 Å². The average Bonchev–Trinajstić information content (AvgIpc) is 3.00. The number of likely N-dealkylation sites (tertiary alicyclic amines) is 1. The monoisotopic (exact) mass is 316 g/mol. The van der Waals surface area contributed by atoms with Gasteiger partial charge in [-0.25, -0.2) is 4.79 Å². The molecule has 4 saturated carbocycles. The van der Waals surface area contributed by atoms with Crippen LogP contribution in [0.3, 0.4) is 0 Å². The van der Waals surface area contributed by atoms with Gasteiger partial charge in [0.1, 0.15) is 12.1 Å². The second-order valence-electron chi connectivity index (χ2n) is 8.12. The normalized spacial score (nSPS) is 40.9. The molecule has 4 bridgehead atoms. The second-order valence-corrected chi connectivity index (χ2v) is 8.12. The molecule has 1 atom stereocenters. The summed E-state index contributed by atoms with van der Waals surface area (Å²) < 4.78 is 4.98. The molecule has 0 unspecified atom stereocenters. The molecule has 0 N–H and O–H groups in total. The molecule has 0 aromatic carbocycles. The van der Waals surface area contributed by atoms with E-state index in [9.17, 15) is 9.59 Å². The predicted octanol–water partition coefficient (Wildman–Crippen LogP) is 2.26. The fourth-order valence-corrected chi connectivity index (χ4v) is 6.13. The van der Waals surface area contributed by atoms with Gasteiger partial charge in [-0.05, 0) is 69.1 Å². The van der Waals surface area contributed by atoms with E-state index < -0.39 is 12.0 Å². The fourth-order valence-electron chi connectivity index (χ4n) is 6.13. The van der Waals surface area contributed by atoms with Crippen LogP contribution >= 0.6 is 0 Å². The summed E-state index contributed by atoms with van der Waals surface area (Å²) in [5, 5.41) is 8.58. The molecule has 1 saturated heterocycles. The van der Waals surface area contributed by atoms with E-state index in [1.807, 2.05) is 6.07 Å². The summed E-state index contributed by atoms with van der Waals surface area (Å²) in [7, 11) is 0. The van der Waals surface area contributed by atoms with Crippen LogP contribution in [0.2, 0.25) is 0 Å². The van der Waals surface area contributed by atoms with Gasteiger partial charge < -0.3 is 9.64 Å². The summed E-state index contributed by atoms with van der Waals surface area (Å²) in [6.45, 7) is 0.432. The van der Waals surface area contributed by atoms with Gasteiger partial charge in [0.05, 0.1) is 5.41 Å². The quantitative estimate of drug-likeness (QED) is 0.749. The van der Waals surface area contributed by atoms with Crippen LogP contribution in [0.5, 0.6) is 0 Å². The zero-order valence-corrected chi connectivity index (χ0v) is 13.5. The first-order valence-corrected chi connectivity index (χ1v) is 8.96. The van der Waals surface area contributed by atoms with E-state index in [0.717, 1.165) is 43.4 Å². The minimum Gasteiger partial charge on any atom is -0.449 e. The highest BCUT2D eigenvalue weighted by Gasteiger charge is 2.56. The number of nitriles is 1. The van der Waals surface area contributed by atoms with E-state index in [4.69, 9.17) is 10.00 Å². The maximum atomic E-state index is 13.3. The molecular formula is C18H24N2O3. The Hall–Kier alpha value is -1.57. The molecule has 23 heavy (non-hydrogen) atoms. The van der Waals surface area contributed by atoms with Crippen LogP contribution < -0.4 is 0 Å². The highest BCUT2D eigenvalue weighted by atomic mass is 16.5. The molecule has 0 radical (unpaired) electrons. The number of hydrogen-bond acceptors (Lipinski definition) is 4. The summed E-state index contributed by atoms with van der Waals surface area (Å²) in [6, 6.07) is 1.36. The van der Waals surface area contributed by atoms with Crippen LogP contribution in [0.25, 0.3) is 0 Å². The Bertz CT molecular complexity index is 530. The van der Waals surface area contributed by atoms with Crippen molar-refractivity contribution in [2.75, 3.05) is 13.2 Å². The zero-order chi connectivity index (χ0) is 16.0. The minimum atomic E-state index is -0.469. The third-order valence-corrected chi connectivity index (χ3v) is 6.56. The third kappa shape index (κ3) is 2.43. The molecule has 1 aliphatic heterocycles. The summed E-state index contributed by atoms with van der Waals surface area (Å²) >= 11 is 0. The largest absolute Gasteiger partial charge is 0.449 e. The molecule has 0 aromatic rings. The number of ether oxygens (including phenoxy) is 1. The average molecular weight is 316 g/mol. The highest BCUT2D eigenvalue weighted by Crippen LogP contribution is 2.60. The number of esters is 1. The Kier molecular flexibility index (Phi) is 3.59. The van der Waals surface area contributed by atoms with Gasteiger partial charge in [-0.15, -0.1) is 0 Å². The Morgan fingerprint density at radius 2 is 1.74 bits per heavy atom. The summed E-state index contributed by atoms with van der Waals surface area (Å²) in [5.41, 5.74) is -0.202. The molecule has 5 heteroatoms. The molecular weight excluding hydrogens is 292 g/mol. The predicted molar refractivity (Wildman–Crippen MR) is 81.9 cm³/mol. The molecule has 1 amide bonds. The van der Waals surface area contributed by atoms with Gasteiger partial charge in [-0.2, -0.15) is 5.26 Å². The van der Waals surface area contributed by atoms with Crippen molar-refractivity contribution in [3.05, 3.63) is 0 Å². The molecule has 0 spiro atoms. The number of nitrogens with zero attached hydrogens (tertiary/aromatic N) is 2. The number of amides is 1. The molecule has 5 aliphatic rings. The van der Waals surface area contributed by atoms with Crippen LogP contribution in [0.15, 0.2) is 0 Å². The van der Waals surface area contributed by atoms with Crippen molar-refractivity contribution in [1.29, 1.82) is 5.26 Å². The van der Waals surface area contributed by atoms with E-state index in [1.165, 1.54) is 19.3 Å². The standard InChI is InChI=1S/C18H24N2O3/c19-3-5-23-16(21)15-2-1-4-20(15)17(22)18-9-12-6-13(10-18)8-14(7-12)11-18/h12-15H,1-2,4-11H2/t12?,13?,14?,15-,18?/m1/s1. The van der Waals surface area contributed by atoms with E-state index in [0.29, 0.717) is 13.0 Å². The smallest absolute Gasteiger partial charge is 0.329 e. The molecule has 5 fully saturated rings. The second kappa shape index (κ2) is 5.51. The van der Waals surface area contributed by atoms with E-state index in [1.54, 1.807) is 4.90 Å². The van der Waals surface area contributed by atoms with Crippen LogP contribution in [0.4, 0.5) is 0 Å². The van der Waals surface area contributed by atoms with Gasteiger partial charge in [0.15, 0.2) is 6.61 Å². The van der Waals surface area contributed by atoms with Gasteiger partial charge in [-0.1, -0.05) is 0 Å². The van der Waals surface area contributed by atoms with Crippen LogP contribution in [-0.2, 0) is 14.3 Å². The first-order chi connectivity index (χ1) is 11.1. The molecule has 5 nitrogen and oxygen atoms in total. The molecule has 5 rings (SSSR count). The van der Waals surface area contributed by atoms with Crippen LogP contribution in [0.1, 0.15) is 51.4 Å². The maximum absolute atomic E-state index is 13.3. The third-order valence-electron chi connectivity index (χ3n) is 6.56. The van der Waals surface area contributed by atoms with Crippen molar-refractivity contribution in [2.45, 2.75) is 57.4 Å². The van der Waals surface area contributed by atoms with E-state index in [-0.39, 0.29) is 17.9 Å². The number of carbonyl (C=O) groups excluding carboxylic acids is 2. The summed E-state index contributed by atoms with van der Waals surface area (Å²) in [4.78, 5) is 27.3. The van der Waals surface area contributed by atoms with Gasteiger partial charge in [0, 0.05) is 6.54 Å². The highest BCUT2D eigenvalue weighted by molar-refractivity contribution is 5.89. The SMILES string of the molecule is N#CCOC(=O)[C@H]1CCCN1C(=O)C12CC3CC(CC(C3)C1)C2.